The fourth-order valence-corrected chi connectivity index (χ4v) is 6.32. The van der Waals surface area contributed by atoms with Gasteiger partial charge in [-0.15, -0.1) is 0 Å². The predicted molar refractivity (Wildman–Crippen MR) is 208 cm³/mol. The highest BCUT2D eigenvalue weighted by atomic mass is 15.2. The van der Waals surface area contributed by atoms with Crippen LogP contribution >= 0.6 is 0 Å². The summed E-state index contributed by atoms with van der Waals surface area (Å²) in [7, 11) is 0. The van der Waals surface area contributed by atoms with E-state index >= 15 is 0 Å². The lowest BCUT2D eigenvalue weighted by atomic mass is 10.0. The van der Waals surface area contributed by atoms with Crippen LogP contribution in [-0.4, -0.2) is 0 Å². The van der Waals surface area contributed by atoms with Crippen molar-refractivity contribution in [2.75, 3.05) is 9.80 Å². The third-order valence-corrected chi connectivity index (χ3v) is 9.14. The molecule has 0 amide bonds. The van der Waals surface area contributed by atoms with Crippen LogP contribution in [0.3, 0.4) is 0 Å². The summed E-state index contributed by atoms with van der Waals surface area (Å²) in [5, 5.41) is 0. The van der Waals surface area contributed by atoms with Crippen molar-refractivity contribution in [2.24, 2.45) is 0 Å². The summed E-state index contributed by atoms with van der Waals surface area (Å²) >= 11 is 0. The Bertz CT molecular complexity index is 1750. The van der Waals surface area contributed by atoms with E-state index in [1.165, 1.54) is 59.1 Å². The molecule has 0 aromatic heterocycles. The van der Waals surface area contributed by atoms with Crippen LogP contribution in [0.5, 0.6) is 0 Å². The van der Waals surface area contributed by atoms with Gasteiger partial charge in [-0.3, -0.25) is 0 Å². The van der Waals surface area contributed by atoms with Crippen molar-refractivity contribution in [3.05, 3.63) is 168 Å². The standard InChI is InChI=1S/C46H48N2/c1-5-7-12-37-20-28-43(29-21-37)47(41-24-16-35(3)17-25-41)45-32-40(39-14-10-9-11-15-39)33-46(34-45)48(42-26-18-36(4)19-27-42)44-30-22-38(23-31-44)13-8-6-2/h9-11,14-34H,5-8,12-13H2,1-4H3. The summed E-state index contributed by atoms with van der Waals surface area (Å²) in [6.45, 7) is 8.81. The van der Waals surface area contributed by atoms with Gasteiger partial charge in [0.1, 0.15) is 0 Å². The highest BCUT2D eigenvalue weighted by Crippen LogP contribution is 2.43. The average molecular weight is 629 g/mol. The monoisotopic (exact) mass is 628 g/mol. The van der Waals surface area contributed by atoms with Crippen LogP contribution in [0.15, 0.2) is 146 Å². The molecular weight excluding hydrogens is 581 g/mol. The van der Waals surface area contributed by atoms with Crippen LogP contribution in [0, 0.1) is 13.8 Å². The highest BCUT2D eigenvalue weighted by molar-refractivity contribution is 5.87. The van der Waals surface area contributed by atoms with E-state index in [0.717, 1.165) is 47.0 Å². The Balaban J connectivity index is 1.55. The minimum Gasteiger partial charge on any atom is -0.310 e. The summed E-state index contributed by atoms with van der Waals surface area (Å²) in [5.41, 5.74) is 14.5. The summed E-state index contributed by atoms with van der Waals surface area (Å²) in [6.07, 6.45) is 7.03. The fourth-order valence-electron chi connectivity index (χ4n) is 6.32. The van der Waals surface area contributed by atoms with E-state index in [-0.39, 0.29) is 0 Å². The van der Waals surface area contributed by atoms with Gasteiger partial charge in [-0.1, -0.05) is 117 Å². The Kier molecular flexibility index (Phi) is 10.7. The van der Waals surface area contributed by atoms with E-state index in [1.807, 2.05) is 0 Å². The van der Waals surface area contributed by atoms with Crippen molar-refractivity contribution in [3.63, 3.8) is 0 Å². The van der Waals surface area contributed by atoms with Gasteiger partial charge in [0.25, 0.3) is 0 Å². The molecule has 0 fully saturated rings. The minimum absolute atomic E-state index is 1.11. The first kappa shape index (κ1) is 32.8. The molecule has 0 N–H and O–H groups in total. The van der Waals surface area contributed by atoms with E-state index in [9.17, 15) is 0 Å². The topological polar surface area (TPSA) is 6.48 Å². The number of hydrogen-bond donors (Lipinski definition) is 0. The molecule has 0 unspecified atom stereocenters. The van der Waals surface area contributed by atoms with Crippen LogP contribution in [-0.2, 0) is 12.8 Å². The third-order valence-electron chi connectivity index (χ3n) is 9.14. The van der Waals surface area contributed by atoms with Crippen molar-refractivity contribution < 1.29 is 0 Å². The predicted octanol–water partition coefficient (Wildman–Crippen LogP) is 13.6. The van der Waals surface area contributed by atoms with Gasteiger partial charge >= 0.3 is 0 Å². The van der Waals surface area contributed by atoms with Crippen molar-refractivity contribution >= 4 is 34.1 Å². The summed E-state index contributed by atoms with van der Waals surface area (Å²) in [4.78, 5) is 4.81. The zero-order chi connectivity index (χ0) is 33.3. The normalized spacial score (nSPS) is 11.0. The van der Waals surface area contributed by atoms with Gasteiger partial charge in [0.2, 0.25) is 0 Å². The number of hydrogen-bond acceptors (Lipinski definition) is 2. The maximum absolute atomic E-state index is 2.40. The van der Waals surface area contributed by atoms with Gasteiger partial charge < -0.3 is 9.80 Å². The largest absolute Gasteiger partial charge is 0.310 e. The molecule has 48 heavy (non-hydrogen) atoms. The smallest absolute Gasteiger partial charge is 0.0488 e. The average Bonchev–Trinajstić information content (AvgIpc) is 3.13. The molecule has 0 aliphatic rings. The van der Waals surface area contributed by atoms with Gasteiger partial charge in [-0.25, -0.2) is 0 Å². The minimum atomic E-state index is 1.11. The lowest BCUT2D eigenvalue weighted by Gasteiger charge is -2.30. The van der Waals surface area contributed by atoms with Crippen LogP contribution in [0.1, 0.15) is 61.8 Å². The molecular formula is C46H48N2. The molecule has 0 saturated carbocycles. The molecule has 6 aromatic carbocycles. The Morgan fingerprint density at radius 2 is 0.750 bits per heavy atom. The molecule has 0 aliphatic heterocycles. The number of rotatable bonds is 13. The van der Waals surface area contributed by atoms with E-state index in [2.05, 4.69) is 183 Å². The quantitative estimate of drug-likeness (QED) is 0.126. The molecule has 0 heterocycles. The molecule has 0 atom stereocenters. The Morgan fingerprint density at radius 3 is 1.12 bits per heavy atom. The molecule has 0 saturated heterocycles. The lowest BCUT2D eigenvalue weighted by Crippen LogP contribution is -2.14. The molecule has 0 spiro atoms. The van der Waals surface area contributed by atoms with Gasteiger partial charge in [0.05, 0.1) is 0 Å². The zero-order valence-corrected chi connectivity index (χ0v) is 29.0. The number of aryl methyl sites for hydroxylation is 4. The second-order valence-corrected chi connectivity index (χ2v) is 13.0. The van der Waals surface area contributed by atoms with Crippen LogP contribution in [0.2, 0.25) is 0 Å². The number of benzene rings is 6. The molecule has 2 heteroatoms. The summed E-state index contributed by atoms with van der Waals surface area (Å²) in [6, 6.07) is 53.9. The zero-order valence-electron chi connectivity index (χ0n) is 29.0. The molecule has 6 rings (SSSR count). The second kappa shape index (κ2) is 15.7. The Morgan fingerprint density at radius 1 is 0.375 bits per heavy atom. The molecule has 242 valence electrons. The van der Waals surface area contributed by atoms with Crippen LogP contribution in [0.4, 0.5) is 34.1 Å². The maximum atomic E-state index is 2.40. The fraction of sp³-hybridized carbons (Fsp3) is 0.217. The van der Waals surface area contributed by atoms with Crippen molar-refractivity contribution in [1.82, 2.24) is 0 Å². The lowest BCUT2D eigenvalue weighted by molar-refractivity contribution is 0.795. The molecule has 0 bridgehead atoms. The van der Waals surface area contributed by atoms with Gasteiger partial charge in [0.15, 0.2) is 0 Å². The van der Waals surface area contributed by atoms with Gasteiger partial charge in [-0.05, 0) is 129 Å². The summed E-state index contributed by atoms with van der Waals surface area (Å²) in [5.74, 6) is 0. The first-order valence-electron chi connectivity index (χ1n) is 17.6. The van der Waals surface area contributed by atoms with Crippen LogP contribution < -0.4 is 9.80 Å². The molecule has 0 radical (unpaired) electrons. The van der Waals surface area contributed by atoms with Crippen molar-refractivity contribution in [3.8, 4) is 11.1 Å². The van der Waals surface area contributed by atoms with Crippen LogP contribution in [0.25, 0.3) is 11.1 Å². The van der Waals surface area contributed by atoms with Crippen molar-refractivity contribution in [1.29, 1.82) is 0 Å². The Hall–Kier alpha value is -5.08. The van der Waals surface area contributed by atoms with E-state index < -0.39 is 0 Å². The first-order valence-corrected chi connectivity index (χ1v) is 17.6. The maximum Gasteiger partial charge on any atom is 0.0488 e. The van der Waals surface area contributed by atoms with E-state index in [0.29, 0.717) is 0 Å². The molecule has 2 nitrogen and oxygen atoms in total. The SMILES string of the molecule is CCCCc1ccc(N(c2ccc(C)cc2)c2cc(-c3ccccc3)cc(N(c3ccc(C)cc3)c3ccc(CCCC)cc3)c2)cc1. The number of anilines is 6. The van der Waals surface area contributed by atoms with Gasteiger partial charge in [0, 0.05) is 34.1 Å². The molecule has 6 aromatic rings. The highest BCUT2D eigenvalue weighted by Gasteiger charge is 2.19. The van der Waals surface area contributed by atoms with Crippen molar-refractivity contribution in [2.45, 2.75) is 66.2 Å². The Labute approximate surface area is 288 Å². The first-order chi connectivity index (χ1) is 23.5. The van der Waals surface area contributed by atoms with E-state index in [4.69, 9.17) is 0 Å². The second-order valence-electron chi connectivity index (χ2n) is 13.0. The third kappa shape index (κ3) is 7.89. The van der Waals surface area contributed by atoms with Gasteiger partial charge in [-0.2, -0.15) is 0 Å². The number of nitrogens with zero attached hydrogens (tertiary/aromatic N) is 2. The number of unbranched alkanes of at least 4 members (excludes halogenated alkanes) is 2. The van der Waals surface area contributed by atoms with E-state index in [1.54, 1.807) is 0 Å². The summed E-state index contributed by atoms with van der Waals surface area (Å²) < 4.78 is 0. The molecule has 0 aliphatic carbocycles.